The van der Waals surface area contributed by atoms with Crippen LogP contribution in [0.1, 0.15) is 20.9 Å². The molecule has 3 heterocycles. The highest BCUT2D eigenvalue weighted by Gasteiger charge is 2.20. The van der Waals surface area contributed by atoms with E-state index in [2.05, 4.69) is 31.2 Å². The molecule has 0 fully saturated rings. The van der Waals surface area contributed by atoms with Gasteiger partial charge in [-0.1, -0.05) is 28.1 Å². The number of nitrogen functional groups attached to an aromatic ring is 1. The van der Waals surface area contributed by atoms with E-state index in [1.807, 2.05) is 49.6 Å². The van der Waals surface area contributed by atoms with E-state index in [0.717, 1.165) is 37.2 Å². The number of hydrogen-bond donors (Lipinski definition) is 2. The Hall–Kier alpha value is -2.29. The molecular formula is C19H15BrN4OS2. The number of fused-ring (bicyclic) bond motifs is 1. The maximum atomic E-state index is 12.7. The molecule has 4 rings (SSSR count). The molecule has 4 aromatic rings. The minimum absolute atomic E-state index is 0.260. The van der Waals surface area contributed by atoms with Crippen molar-refractivity contribution in [1.82, 2.24) is 9.97 Å². The number of carbonyl (C=O) groups excluding carboxylic acids is 1. The molecule has 5 nitrogen and oxygen atoms in total. The lowest BCUT2D eigenvalue weighted by atomic mass is 10.1. The van der Waals surface area contributed by atoms with Crippen LogP contribution in [-0.2, 0) is 0 Å². The van der Waals surface area contributed by atoms with Gasteiger partial charge in [-0.25, -0.2) is 9.97 Å². The summed E-state index contributed by atoms with van der Waals surface area (Å²) in [6.07, 6.45) is 0. The molecular weight excluding hydrogens is 444 g/mol. The zero-order chi connectivity index (χ0) is 19.1. The number of hydrogen-bond acceptors (Lipinski definition) is 6. The van der Waals surface area contributed by atoms with Crippen LogP contribution in [0.4, 0.5) is 10.8 Å². The van der Waals surface area contributed by atoms with Crippen LogP contribution in [0.5, 0.6) is 0 Å². The van der Waals surface area contributed by atoms with E-state index >= 15 is 0 Å². The first-order valence-electron chi connectivity index (χ1n) is 8.11. The molecule has 0 aliphatic heterocycles. The average molecular weight is 459 g/mol. The highest BCUT2D eigenvalue weighted by Crippen LogP contribution is 2.35. The Morgan fingerprint density at radius 1 is 1.19 bits per heavy atom. The summed E-state index contributed by atoms with van der Waals surface area (Å²) in [5.41, 5.74) is 10.5. The molecule has 0 saturated heterocycles. The smallest absolute Gasteiger partial charge is 0.269 e. The zero-order valence-electron chi connectivity index (χ0n) is 14.5. The molecule has 0 unspecified atom stereocenters. The zero-order valence-corrected chi connectivity index (χ0v) is 17.8. The number of amides is 1. The molecule has 0 spiro atoms. The van der Waals surface area contributed by atoms with Gasteiger partial charge < -0.3 is 5.73 Å². The molecule has 0 saturated carbocycles. The molecule has 3 N–H and O–H groups in total. The van der Waals surface area contributed by atoms with Gasteiger partial charge in [0.05, 0.1) is 11.4 Å². The Balaban J connectivity index is 1.61. The third-order valence-electron chi connectivity index (χ3n) is 4.10. The molecule has 0 radical (unpaired) electrons. The second-order valence-corrected chi connectivity index (χ2v) is 8.88. The van der Waals surface area contributed by atoms with Gasteiger partial charge in [0.25, 0.3) is 5.91 Å². The van der Waals surface area contributed by atoms with Crippen LogP contribution in [0, 0.1) is 13.8 Å². The number of nitrogens with zero attached hydrogens (tertiary/aromatic N) is 2. The molecule has 3 aromatic heterocycles. The van der Waals surface area contributed by atoms with Crippen LogP contribution in [0.3, 0.4) is 0 Å². The number of aryl methyl sites for hydroxylation is 2. The number of benzene rings is 1. The molecule has 0 bridgehead atoms. The third-order valence-corrected chi connectivity index (χ3v) is 6.48. The van der Waals surface area contributed by atoms with Gasteiger partial charge in [0.2, 0.25) is 0 Å². The fourth-order valence-corrected chi connectivity index (χ4v) is 4.97. The number of rotatable bonds is 3. The number of thiophene rings is 1. The Morgan fingerprint density at radius 3 is 2.67 bits per heavy atom. The van der Waals surface area contributed by atoms with Crippen molar-refractivity contribution in [3.05, 3.63) is 56.3 Å². The Kier molecular flexibility index (Phi) is 4.71. The number of aromatic nitrogens is 2. The minimum Gasteiger partial charge on any atom is -0.397 e. The van der Waals surface area contributed by atoms with Crippen molar-refractivity contribution in [1.29, 1.82) is 0 Å². The molecule has 27 heavy (non-hydrogen) atoms. The maximum Gasteiger partial charge on any atom is 0.269 e. The summed E-state index contributed by atoms with van der Waals surface area (Å²) in [6.45, 7) is 3.91. The first kappa shape index (κ1) is 18.1. The lowest BCUT2D eigenvalue weighted by molar-refractivity contribution is 0.103. The van der Waals surface area contributed by atoms with Gasteiger partial charge in [0, 0.05) is 26.5 Å². The van der Waals surface area contributed by atoms with Gasteiger partial charge in [-0.2, -0.15) is 0 Å². The van der Waals surface area contributed by atoms with E-state index in [4.69, 9.17) is 5.73 Å². The van der Waals surface area contributed by atoms with E-state index in [9.17, 15) is 4.79 Å². The van der Waals surface area contributed by atoms with Crippen LogP contribution in [0.2, 0.25) is 0 Å². The first-order valence-corrected chi connectivity index (χ1v) is 10.6. The molecule has 0 aliphatic rings. The van der Waals surface area contributed by atoms with Crippen LogP contribution < -0.4 is 11.1 Å². The molecule has 0 atom stereocenters. The van der Waals surface area contributed by atoms with Crippen LogP contribution in [0.25, 0.3) is 21.5 Å². The number of anilines is 2. The van der Waals surface area contributed by atoms with Gasteiger partial charge >= 0.3 is 0 Å². The van der Waals surface area contributed by atoms with Gasteiger partial charge in [-0.05, 0) is 37.6 Å². The molecule has 8 heteroatoms. The molecule has 1 aromatic carbocycles. The highest BCUT2D eigenvalue weighted by molar-refractivity contribution is 9.10. The monoisotopic (exact) mass is 458 g/mol. The minimum atomic E-state index is -0.260. The van der Waals surface area contributed by atoms with Crippen molar-refractivity contribution in [2.24, 2.45) is 0 Å². The number of carbonyl (C=O) groups is 1. The predicted octanol–water partition coefficient (Wildman–Crippen LogP) is 5.63. The maximum absolute atomic E-state index is 12.7. The summed E-state index contributed by atoms with van der Waals surface area (Å²) in [6, 6.07) is 9.85. The van der Waals surface area contributed by atoms with E-state index < -0.39 is 0 Å². The quantitative estimate of drug-likeness (QED) is 0.416. The molecule has 0 aliphatic carbocycles. The fraction of sp³-hybridized carbons (Fsp3) is 0.105. The number of nitrogens with one attached hydrogen (secondary N) is 1. The number of halogens is 1. The number of pyridine rings is 1. The fourth-order valence-electron chi connectivity index (χ4n) is 2.88. The Labute approximate surface area is 172 Å². The van der Waals surface area contributed by atoms with Gasteiger partial charge in [0.15, 0.2) is 5.13 Å². The lowest BCUT2D eigenvalue weighted by Crippen LogP contribution is -2.11. The van der Waals surface area contributed by atoms with Crippen molar-refractivity contribution in [3.63, 3.8) is 0 Å². The summed E-state index contributed by atoms with van der Waals surface area (Å²) in [5.74, 6) is -0.260. The topological polar surface area (TPSA) is 80.9 Å². The Bertz CT molecular complexity index is 1160. The van der Waals surface area contributed by atoms with Crippen LogP contribution >= 0.6 is 38.6 Å². The summed E-state index contributed by atoms with van der Waals surface area (Å²) in [7, 11) is 0. The standard InChI is InChI=1S/C19H15BrN4OS2/c1-9-7-10(2)22-18-14(9)15(21)16(27-18)17(25)24-19-23-13(8-26-19)11-3-5-12(20)6-4-11/h3-8H,21H2,1-2H3,(H,23,24,25). The van der Waals surface area contributed by atoms with Crippen LogP contribution in [-0.4, -0.2) is 15.9 Å². The van der Waals surface area contributed by atoms with E-state index in [1.54, 1.807) is 0 Å². The predicted molar refractivity (Wildman–Crippen MR) is 117 cm³/mol. The van der Waals surface area contributed by atoms with Crippen molar-refractivity contribution in [3.8, 4) is 11.3 Å². The summed E-state index contributed by atoms with van der Waals surface area (Å²) in [5, 5.41) is 6.17. The molecule has 136 valence electrons. The van der Waals surface area contributed by atoms with E-state index in [0.29, 0.717) is 15.7 Å². The largest absolute Gasteiger partial charge is 0.397 e. The SMILES string of the molecule is Cc1cc(C)c2c(N)c(C(=O)Nc3nc(-c4ccc(Br)cc4)cs3)sc2n1. The van der Waals surface area contributed by atoms with Crippen molar-refractivity contribution < 1.29 is 4.79 Å². The summed E-state index contributed by atoms with van der Waals surface area (Å²) >= 11 is 6.11. The lowest BCUT2D eigenvalue weighted by Gasteiger charge is -2.01. The van der Waals surface area contributed by atoms with Crippen molar-refractivity contribution in [2.75, 3.05) is 11.1 Å². The van der Waals surface area contributed by atoms with Gasteiger partial charge in [0.1, 0.15) is 9.71 Å². The first-order chi connectivity index (χ1) is 12.9. The summed E-state index contributed by atoms with van der Waals surface area (Å²) < 4.78 is 1.01. The average Bonchev–Trinajstić information content (AvgIpc) is 3.20. The normalized spacial score (nSPS) is 11.1. The Morgan fingerprint density at radius 2 is 1.93 bits per heavy atom. The number of nitrogens with two attached hydrogens (primary N) is 1. The number of thiazole rings is 1. The van der Waals surface area contributed by atoms with Crippen molar-refractivity contribution in [2.45, 2.75) is 13.8 Å². The van der Waals surface area contributed by atoms with Gasteiger partial charge in [-0.15, -0.1) is 22.7 Å². The third kappa shape index (κ3) is 3.47. The summed E-state index contributed by atoms with van der Waals surface area (Å²) in [4.78, 5) is 23.0. The van der Waals surface area contributed by atoms with E-state index in [-0.39, 0.29) is 5.91 Å². The van der Waals surface area contributed by atoms with E-state index in [1.165, 1.54) is 22.7 Å². The molecule has 1 amide bonds. The second-order valence-electron chi connectivity index (χ2n) is 6.10. The second kappa shape index (κ2) is 7.03. The van der Waals surface area contributed by atoms with Crippen LogP contribution in [0.15, 0.2) is 40.2 Å². The van der Waals surface area contributed by atoms with Gasteiger partial charge in [-0.3, -0.25) is 10.1 Å². The highest BCUT2D eigenvalue weighted by atomic mass is 79.9. The van der Waals surface area contributed by atoms with Crippen molar-refractivity contribution >= 4 is 65.5 Å².